The predicted molar refractivity (Wildman–Crippen MR) is 118 cm³/mol. The van der Waals surface area contributed by atoms with Gasteiger partial charge in [-0.05, 0) is 36.2 Å². The van der Waals surface area contributed by atoms with Crippen molar-refractivity contribution in [2.24, 2.45) is 0 Å². The van der Waals surface area contributed by atoms with E-state index < -0.39 is 0 Å². The van der Waals surface area contributed by atoms with Gasteiger partial charge in [-0.1, -0.05) is 29.8 Å². The second-order valence-corrected chi connectivity index (χ2v) is 7.65. The molecule has 0 atom stereocenters. The molecule has 1 saturated heterocycles. The third-order valence-electron chi connectivity index (χ3n) is 5.08. The number of carbonyl (C=O) groups excluding carboxylic acids is 1. The minimum atomic E-state index is 0.0957. The van der Waals surface area contributed by atoms with E-state index in [1.165, 1.54) is 0 Å². The van der Waals surface area contributed by atoms with Crippen LogP contribution in [-0.2, 0) is 11.2 Å². The summed E-state index contributed by atoms with van der Waals surface area (Å²) in [6, 6.07) is 13.3. The number of aromatic nitrogens is 3. The van der Waals surface area contributed by atoms with Crippen LogP contribution in [0.3, 0.4) is 0 Å². The van der Waals surface area contributed by atoms with Gasteiger partial charge in [0.05, 0.1) is 6.42 Å². The van der Waals surface area contributed by atoms with E-state index >= 15 is 0 Å². The molecule has 0 saturated carbocycles. The van der Waals surface area contributed by atoms with Crippen LogP contribution in [0.4, 0.5) is 17.5 Å². The Hall–Kier alpha value is -3.19. The Kier molecular flexibility index (Phi) is 6.09. The van der Waals surface area contributed by atoms with Gasteiger partial charge in [-0.2, -0.15) is 0 Å². The minimum Gasteiger partial charge on any atom is -0.353 e. The number of carbonyl (C=O) groups is 1. The first-order chi connectivity index (χ1) is 14.6. The van der Waals surface area contributed by atoms with Crippen molar-refractivity contribution in [1.82, 2.24) is 19.9 Å². The second kappa shape index (κ2) is 9.09. The lowest BCUT2D eigenvalue weighted by Gasteiger charge is -2.35. The molecule has 1 aliphatic heterocycles. The van der Waals surface area contributed by atoms with E-state index in [0.29, 0.717) is 43.4 Å². The Morgan fingerprint density at radius 3 is 2.57 bits per heavy atom. The van der Waals surface area contributed by atoms with Gasteiger partial charge >= 0.3 is 0 Å². The first kappa shape index (κ1) is 20.1. The quantitative estimate of drug-likeness (QED) is 0.678. The molecule has 3 heterocycles. The van der Waals surface area contributed by atoms with Gasteiger partial charge in [0.2, 0.25) is 5.91 Å². The maximum atomic E-state index is 12.7. The van der Waals surface area contributed by atoms with Crippen LogP contribution in [0.25, 0.3) is 0 Å². The molecule has 2 aromatic heterocycles. The highest BCUT2D eigenvalue weighted by Gasteiger charge is 2.22. The lowest BCUT2D eigenvalue weighted by atomic mass is 10.1. The smallest absolute Gasteiger partial charge is 0.227 e. The topological polar surface area (TPSA) is 74.2 Å². The number of aryl methyl sites for hydroxylation is 1. The van der Waals surface area contributed by atoms with Gasteiger partial charge in [0.15, 0.2) is 0 Å². The molecule has 1 aromatic carbocycles. The van der Waals surface area contributed by atoms with Crippen LogP contribution in [0, 0.1) is 6.92 Å². The first-order valence-corrected chi connectivity index (χ1v) is 10.2. The van der Waals surface area contributed by atoms with Gasteiger partial charge in [-0.15, -0.1) is 0 Å². The molecule has 1 N–H and O–H groups in total. The van der Waals surface area contributed by atoms with Crippen LogP contribution in [-0.4, -0.2) is 51.9 Å². The number of piperazine rings is 1. The predicted octanol–water partition coefficient (Wildman–Crippen LogP) is 3.47. The van der Waals surface area contributed by atoms with Gasteiger partial charge in [0.25, 0.3) is 0 Å². The maximum Gasteiger partial charge on any atom is 0.227 e. The van der Waals surface area contributed by atoms with Gasteiger partial charge < -0.3 is 15.1 Å². The highest BCUT2D eigenvalue weighted by Crippen LogP contribution is 2.20. The summed E-state index contributed by atoms with van der Waals surface area (Å²) in [7, 11) is 0. The highest BCUT2D eigenvalue weighted by molar-refractivity contribution is 6.31. The first-order valence-electron chi connectivity index (χ1n) is 9.86. The van der Waals surface area contributed by atoms with Crippen molar-refractivity contribution in [3.63, 3.8) is 0 Å². The van der Waals surface area contributed by atoms with Crippen molar-refractivity contribution in [1.29, 1.82) is 0 Å². The minimum absolute atomic E-state index is 0.0957. The second-order valence-electron chi connectivity index (χ2n) is 7.24. The van der Waals surface area contributed by atoms with Crippen LogP contribution in [0.15, 0.2) is 55.0 Å². The number of anilines is 3. The van der Waals surface area contributed by atoms with Crippen LogP contribution in [0.1, 0.15) is 11.1 Å². The average Bonchev–Trinajstić information content (AvgIpc) is 2.76. The van der Waals surface area contributed by atoms with Gasteiger partial charge in [0.1, 0.15) is 23.8 Å². The Balaban J connectivity index is 1.36. The summed E-state index contributed by atoms with van der Waals surface area (Å²) in [6.45, 7) is 4.75. The molecule has 0 aliphatic carbocycles. The van der Waals surface area contributed by atoms with E-state index in [9.17, 15) is 4.79 Å². The number of benzene rings is 1. The monoisotopic (exact) mass is 422 g/mol. The van der Waals surface area contributed by atoms with Gasteiger partial charge in [-0.25, -0.2) is 15.0 Å². The Bertz CT molecular complexity index is 1040. The van der Waals surface area contributed by atoms with E-state index in [-0.39, 0.29) is 5.91 Å². The van der Waals surface area contributed by atoms with Crippen molar-refractivity contribution in [3.8, 4) is 0 Å². The van der Waals surface area contributed by atoms with Crippen molar-refractivity contribution in [3.05, 3.63) is 71.1 Å². The summed E-state index contributed by atoms with van der Waals surface area (Å²) in [5.41, 5.74) is 1.99. The summed E-state index contributed by atoms with van der Waals surface area (Å²) >= 11 is 6.19. The third kappa shape index (κ3) is 4.86. The zero-order chi connectivity index (χ0) is 20.9. The highest BCUT2D eigenvalue weighted by atomic mass is 35.5. The number of rotatable bonds is 5. The molecule has 0 spiro atoms. The Labute approximate surface area is 180 Å². The maximum absolute atomic E-state index is 12.7. The van der Waals surface area contributed by atoms with E-state index in [1.807, 2.05) is 54.3 Å². The van der Waals surface area contributed by atoms with E-state index in [0.717, 1.165) is 22.8 Å². The number of hydrogen-bond acceptors (Lipinski definition) is 6. The fraction of sp³-hybridized carbons (Fsp3) is 0.273. The number of nitrogens with one attached hydrogen (secondary N) is 1. The van der Waals surface area contributed by atoms with Gasteiger partial charge in [-0.3, -0.25) is 4.79 Å². The zero-order valence-electron chi connectivity index (χ0n) is 16.8. The average molecular weight is 423 g/mol. The van der Waals surface area contributed by atoms with E-state index in [4.69, 9.17) is 11.6 Å². The number of amides is 1. The van der Waals surface area contributed by atoms with Gasteiger partial charge in [0, 0.05) is 43.5 Å². The molecule has 1 aliphatic rings. The molecular weight excluding hydrogens is 400 g/mol. The molecule has 0 bridgehead atoms. The van der Waals surface area contributed by atoms with Crippen molar-refractivity contribution < 1.29 is 4.79 Å². The molecule has 0 radical (unpaired) electrons. The fourth-order valence-corrected chi connectivity index (χ4v) is 3.63. The molecule has 154 valence electrons. The number of pyridine rings is 1. The third-order valence-corrected chi connectivity index (χ3v) is 5.45. The van der Waals surface area contributed by atoms with Crippen LogP contribution < -0.4 is 10.2 Å². The lowest BCUT2D eigenvalue weighted by Crippen LogP contribution is -2.49. The molecular formula is C22H23ClN6O. The SMILES string of the molecule is Cc1ccnc(Nc2cc(N3CCN(C(=O)Cc4ccccc4Cl)CC3)ncn2)c1. The van der Waals surface area contributed by atoms with Crippen molar-refractivity contribution in [2.75, 3.05) is 36.4 Å². The lowest BCUT2D eigenvalue weighted by molar-refractivity contribution is -0.130. The van der Waals surface area contributed by atoms with Crippen LogP contribution in [0.2, 0.25) is 5.02 Å². The largest absolute Gasteiger partial charge is 0.353 e. The molecule has 7 nitrogen and oxygen atoms in total. The molecule has 8 heteroatoms. The van der Waals surface area contributed by atoms with Crippen molar-refractivity contribution >= 4 is 35.0 Å². The molecule has 0 unspecified atom stereocenters. The Morgan fingerprint density at radius 1 is 1.03 bits per heavy atom. The summed E-state index contributed by atoms with van der Waals surface area (Å²) in [6.07, 6.45) is 3.63. The summed E-state index contributed by atoms with van der Waals surface area (Å²) in [4.78, 5) is 29.7. The fourth-order valence-electron chi connectivity index (χ4n) is 3.43. The Morgan fingerprint density at radius 2 is 1.80 bits per heavy atom. The molecule has 1 amide bonds. The summed E-state index contributed by atoms with van der Waals surface area (Å²) < 4.78 is 0. The number of hydrogen-bond donors (Lipinski definition) is 1. The zero-order valence-corrected chi connectivity index (χ0v) is 17.5. The molecule has 3 aromatic rings. The molecule has 4 rings (SSSR count). The van der Waals surface area contributed by atoms with Crippen molar-refractivity contribution in [2.45, 2.75) is 13.3 Å². The standard InChI is InChI=1S/C22H23ClN6O/c1-16-6-7-24-19(12-16)27-20-14-21(26-15-25-20)28-8-10-29(11-9-28)22(30)13-17-4-2-3-5-18(17)23/h2-7,12,14-15H,8-11,13H2,1H3,(H,24,25,26,27). The summed E-state index contributed by atoms with van der Waals surface area (Å²) in [5, 5.41) is 3.85. The molecule has 1 fully saturated rings. The number of nitrogens with zero attached hydrogens (tertiary/aromatic N) is 5. The van der Waals surface area contributed by atoms with E-state index in [1.54, 1.807) is 12.5 Å². The van der Waals surface area contributed by atoms with Crippen LogP contribution in [0.5, 0.6) is 0 Å². The van der Waals surface area contributed by atoms with Crippen LogP contribution >= 0.6 is 11.6 Å². The van der Waals surface area contributed by atoms with E-state index in [2.05, 4.69) is 25.2 Å². The number of halogens is 1. The molecule has 30 heavy (non-hydrogen) atoms. The normalized spacial score (nSPS) is 13.9. The summed E-state index contributed by atoms with van der Waals surface area (Å²) in [5.74, 6) is 2.36.